The molecule has 146 valence electrons. The van der Waals surface area contributed by atoms with Crippen LogP contribution in [0.4, 0.5) is 0 Å². The number of phenolic OH excluding ortho intramolecular Hbond substituents is 2. The van der Waals surface area contributed by atoms with Gasteiger partial charge in [-0.25, -0.2) is 0 Å². The normalized spacial score (nSPS) is 22.7. The van der Waals surface area contributed by atoms with Crippen LogP contribution in [0.5, 0.6) is 11.5 Å². The van der Waals surface area contributed by atoms with Crippen molar-refractivity contribution in [3.63, 3.8) is 0 Å². The Hall–Kier alpha value is -2.34. The number of allylic oxidation sites excluding steroid dienone is 2. The molecule has 1 aliphatic heterocycles. The molecule has 6 heteroatoms. The summed E-state index contributed by atoms with van der Waals surface area (Å²) in [6.45, 7) is 1.26. The number of aromatic hydroxyl groups is 2. The van der Waals surface area contributed by atoms with Crippen LogP contribution in [-0.4, -0.2) is 52.2 Å². The number of fused-ring (bicyclic) bond motifs is 1. The lowest BCUT2D eigenvalue weighted by atomic mass is 9.77. The van der Waals surface area contributed by atoms with Gasteiger partial charge in [-0.15, -0.1) is 0 Å². The molecule has 1 heterocycles. The fraction of sp³-hybridized carbons (Fsp3) is 0.318. The average Bonchev–Trinajstić information content (AvgIpc) is 2.63. The minimum absolute atomic E-state index is 0.0851. The Bertz CT molecular complexity index is 985. The third kappa shape index (κ3) is 3.20. The van der Waals surface area contributed by atoms with Crippen molar-refractivity contribution in [2.75, 3.05) is 20.1 Å². The van der Waals surface area contributed by atoms with Gasteiger partial charge in [-0.05, 0) is 55.3 Å². The number of benzene rings is 2. The number of β-amino-alcohol motifs (C(OH)–C–C–N with tert-alkyl or cyclic N) is 1. The van der Waals surface area contributed by atoms with E-state index in [4.69, 9.17) is 11.6 Å². The number of carbonyl (C=O) groups excluding carboxylic acids is 1. The first-order valence-corrected chi connectivity index (χ1v) is 9.68. The number of likely N-dealkylation sites (N-methyl/N-ethyl adjacent to an activating group) is 1. The first-order valence-electron chi connectivity index (χ1n) is 9.31. The van der Waals surface area contributed by atoms with Crippen molar-refractivity contribution in [2.24, 2.45) is 0 Å². The summed E-state index contributed by atoms with van der Waals surface area (Å²) in [7, 11) is 1.94. The molecule has 1 fully saturated rings. The van der Waals surface area contributed by atoms with E-state index in [9.17, 15) is 20.1 Å². The second-order valence-corrected chi connectivity index (χ2v) is 8.00. The summed E-state index contributed by atoms with van der Waals surface area (Å²) in [5.41, 5.74) is 2.82. The van der Waals surface area contributed by atoms with Crippen LogP contribution in [0.1, 0.15) is 39.4 Å². The Morgan fingerprint density at radius 3 is 2.64 bits per heavy atom. The molecule has 1 aliphatic carbocycles. The predicted octanol–water partition coefficient (Wildman–Crippen LogP) is 3.35. The van der Waals surface area contributed by atoms with Crippen LogP contribution in [0.2, 0.25) is 5.02 Å². The number of aliphatic hydroxyl groups is 1. The molecule has 5 nitrogen and oxygen atoms in total. The van der Waals surface area contributed by atoms with Gasteiger partial charge in [0, 0.05) is 29.1 Å². The predicted molar refractivity (Wildman–Crippen MR) is 108 cm³/mol. The van der Waals surface area contributed by atoms with Crippen molar-refractivity contribution in [3.05, 3.63) is 63.7 Å². The van der Waals surface area contributed by atoms with E-state index in [0.717, 1.165) is 17.7 Å². The summed E-state index contributed by atoms with van der Waals surface area (Å²) >= 11 is 6.33. The molecular weight excluding hydrogens is 378 g/mol. The van der Waals surface area contributed by atoms with Crippen LogP contribution in [0.15, 0.2) is 36.4 Å². The average molecular weight is 400 g/mol. The van der Waals surface area contributed by atoms with Crippen LogP contribution >= 0.6 is 11.6 Å². The summed E-state index contributed by atoms with van der Waals surface area (Å²) in [5, 5.41) is 32.2. The highest BCUT2D eigenvalue weighted by Gasteiger charge is 2.35. The summed E-state index contributed by atoms with van der Waals surface area (Å²) in [5.74, 6) is -0.947. The number of halogens is 1. The number of phenols is 2. The molecule has 2 aromatic carbocycles. The number of rotatable bonds is 2. The van der Waals surface area contributed by atoms with E-state index in [1.807, 2.05) is 30.1 Å². The zero-order valence-corrected chi connectivity index (χ0v) is 16.3. The fourth-order valence-corrected chi connectivity index (χ4v) is 4.65. The van der Waals surface area contributed by atoms with E-state index in [-0.39, 0.29) is 28.8 Å². The molecule has 0 spiro atoms. The SMILES string of the molecule is CN1CC[C@H](c2c(O)cc(O)c3c2CC(c2ccccc2Cl)=CC3=O)[C@H](O)C1. The Balaban J connectivity index is 1.84. The molecule has 4 rings (SSSR count). The van der Waals surface area contributed by atoms with Gasteiger partial charge in [-0.3, -0.25) is 4.79 Å². The molecule has 2 atom stereocenters. The molecule has 2 aliphatic rings. The molecule has 0 radical (unpaired) electrons. The molecule has 0 amide bonds. The van der Waals surface area contributed by atoms with Crippen molar-refractivity contribution >= 4 is 23.0 Å². The molecule has 28 heavy (non-hydrogen) atoms. The minimum Gasteiger partial charge on any atom is -0.508 e. The third-order valence-corrected chi connectivity index (χ3v) is 6.06. The van der Waals surface area contributed by atoms with Gasteiger partial charge in [0.2, 0.25) is 0 Å². The van der Waals surface area contributed by atoms with Crippen molar-refractivity contribution in [1.29, 1.82) is 0 Å². The van der Waals surface area contributed by atoms with Gasteiger partial charge in [0.15, 0.2) is 5.78 Å². The molecule has 0 bridgehead atoms. The lowest BCUT2D eigenvalue weighted by Gasteiger charge is -2.36. The summed E-state index contributed by atoms with van der Waals surface area (Å²) in [6, 6.07) is 8.50. The second kappa shape index (κ2) is 7.24. The van der Waals surface area contributed by atoms with E-state index in [1.165, 1.54) is 12.1 Å². The standard InChI is InChI=1S/C22H22ClNO4/c1-24-7-6-14(20(28)11-24)21-15-8-12(13-4-2-3-5-16(13)23)9-17(25)22(15)19(27)10-18(21)26/h2-5,9-10,14,20,26-28H,6-8,11H2,1H3/t14-,20+/m0/s1. The van der Waals surface area contributed by atoms with Crippen LogP contribution in [0, 0.1) is 0 Å². The Labute approximate surface area is 168 Å². The highest BCUT2D eigenvalue weighted by molar-refractivity contribution is 6.32. The van der Waals surface area contributed by atoms with Gasteiger partial charge in [0.1, 0.15) is 11.5 Å². The van der Waals surface area contributed by atoms with Crippen molar-refractivity contribution in [2.45, 2.75) is 24.9 Å². The largest absolute Gasteiger partial charge is 0.508 e. The molecular formula is C22H22ClNO4. The maximum atomic E-state index is 12.8. The first kappa shape index (κ1) is 19.0. The fourth-order valence-electron chi connectivity index (χ4n) is 4.39. The van der Waals surface area contributed by atoms with Gasteiger partial charge >= 0.3 is 0 Å². The zero-order chi connectivity index (χ0) is 20.0. The van der Waals surface area contributed by atoms with Crippen molar-refractivity contribution < 1.29 is 20.1 Å². The molecule has 3 N–H and O–H groups in total. The quantitative estimate of drug-likeness (QED) is 0.721. The maximum absolute atomic E-state index is 12.8. The lowest BCUT2D eigenvalue weighted by Crippen LogP contribution is -2.41. The minimum atomic E-state index is -0.664. The van der Waals surface area contributed by atoms with Gasteiger partial charge in [-0.2, -0.15) is 0 Å². The van der Waals surface area contributed by atoms with E-state index < -0.39 is 6.10 Å². The number of aliphatic hydroxyl groups excluding tert-OH is 1. The smallest absolute Gasteiger partial charge is 0.190 e. The summed E-state index contributed by atoms with van der Waals surface area (Å²) in [6.07, 6.45) is 1.83. The van der Waals surface area contributed by atoms with E-state index in [2.05, 4.69) is 0 Å². The highest BCUT2D eigenvalue weighted by Crippen LogP contribution is 2.45. The van der Waals surface area contributed by atoms with Crippen molar-refractivity contribution in [3.8, 4) is 11.5 Å². The van der Waals surface area contributed by atoms with E-state index >= 15 is 0 Å². The van der Waals surface area contributed by atoms with Crippen LogP contribution < -0.4 is 0 Å². The second-order valence-electron chi connectivity index (χ2n) is 7.60. The zero-order valence-electron chi connectivity index (χ0n) is 15.5. The summed E-state index contributed by atoms with van der Waals surface area (Å²) in [4.78, 5) is 14.9. The number of ketones is 1. The van der Waals surface area contributed by atoms with Gasteiger partial charge in [0.05, 0.1) is 11.7 Å². The number of carbonyl (C=O) groups is 1. The Morgan fingerprint density at radius 1 is 1.18 bits per heavy atom. The topological polar surface area (TPSA) is 81.0 Å². The van der Waals surface area contributed by atoms with Gasteiger partial charge in [0.25, 0.3) is 0 Å². The maximum Gasteiger partial charge on any atom is 0.190 e. The Morgan fingerprint density at radius 2 is 1.93 bits per heavy atom. The number of likely N-dealkylation sites (tertiary alicyclic amines) is 1. The molecule has 0 saturated carbocycles. The number of hydrogen-bond acceptors (Lipinski definition) is 5. The number of nitrogens with zero attached hydrogens (tertiary/aromatic N) is 1. The molecule has 0 unspecified atom stereocenters. The van der Waals surface area contributed by atoms with E-state index in [0.29, 0.717) is 35.5 Å². The third-order valence-electron chi connectivity index (χ3n) is 5.73. The monoisotopic (exact) mass is 399 g/mol. The van der Waals surface area contributed by atoms with Crippen LogP contribution in [-0.2, 0) is 6.42 Å². The molecule has 1 saturated heterocycles. The van der Waals surface area contributed by atoms with Crippen molar-refractivity contribution in [1.82, 2.24) is 4.90 Å². The van der Waals surface area contributed by atoms with Crippen LogP contribution in [0.25, 0.3) is 5.57 Å². The van der Waals surface area contributed by atoms with Gasteiger partial charge < -0.3 is 20.2 Å². The Kier molecular flexibility index (Phi) is 4.91. The number of piperidine rings is 1. The number of hydrogen-bond donors (Lipinski definition) is 3. The van der Waals surface area contributed by atoms with E-state index in [1.54, 1.807) is 6.07 Å². The first-order chi connectivity index (χ1) is 13.4. The highest BCUT2D eigenvalue weighted by atomic mass is 35.5. The van der Waals surface area contributed by atoms with Crippen LogP contribution in [0.3, 0.4) is 0 Å². The summed E-state index contributed by atoms with van der Waals surface area (Å²) < 4.78 is 0. The molecule has 2 aromatic rings. The molecule has 0 aromatic heterocycles. The lowest BCUT2D eigenvalue weighted by molar-refractivity contribution is 0.0625. The van der Waals surface area contributed by atoms with Gasteiger partial charge in [-0.1, -0.05) is 29.8 Å².